The molecule has 3 atom stereocenters. The lowest BCUT2D eigenvalue weighted by molar-refractivity contribution is 0.401. The van der Waals surface area contributed by atoms with Crippen molar-refractivity contribution in [1.29, 1.82) is 0 Å². The first-order valence-corrected chi connectivity index (χ1v) is 6.30. The summed E-state index contributed by atoms with van der Waals surface area (Å²) in [4.78, 5) is 0. The number of alkyl halides is 1. The van der Waals surface area contributed by atoms with E-state index in [0.29, 0.717) is 0 Å². The fourth-order valence-electron chi connectivity index (χ4n) is 3.75. The average Bonchev–Trinajstić information content (AvgIpc) is 2.31. The van der Waals surface area contributed by atoms with Gasteiger partial charge in [0.1, 0.15) is 0 Å². The maximum absolute atomic E-state index is 2.57. The first kappa shape index (κ1) is 8.33. The Morgan fingerprint density at radius 2 is 2.18 bits per heavy atom. The Hall–Kier alpha value is 0.730. The lowest BCUT2D eigenvalue weighted by Crippen LogP contribution is -2.01. The predicted octanol–water partition coefficient (Wildman–Crippen LogP) is 3.64. The fraction of sp³-hybridized carbons (Fsp3) is 1.00. The molecule has 0 aromatic carbocycles. The van der Waals surface area contributed by atoms with E-state index in [1.165, 1.54) is 30.1 Å². The van der Waals surface area contributed by atoms with Gasteiger partial charge in [0.05, 0.1) is 0 Å². The molecular formula is C10H17I. The molecule has 0 aliphatic heterocycles. The van der Waals surface area contributed by atoms with Crippen molar-refractivity contribution in [2.75, 3.05) is 4.43 Å². The Morgan fingerprint density at radius 1 is 1.45 bits per heavy atom. The SMILES string of the molecule is CCC12CCCC1(C)[C@@H]2CI. The van der Waals surface area contributed by atoms with Crippen LogP contribution in [0.2, 0.25) is 0 Å². The highest BCUT2D eigenvalue weighted by atomic mass is 127. The second-order valence-corrected chi connectivity index (χ2v) is 5.37. The van der Waals surface area contributed by atoms with Gasteiger partial charge in [0.2, 0.25) is 0 Å². The first-order valence-electron chi connectivity index (χ1n) is 4.77. The molecule has 0 spiro atoms. The standard InChI is InChI=1S/C10H17I/c1-3-10-6-4-5-9(10,2)8(10)7-11/h8H,3-7H2,1-2H3/t8-,9?,10?/m0/s1. The molecule has 11 heavy (non-hydrogen) atoms. The van der Waals surface area contributed by atoms with E-state index in [9.17, 15) is 0 Å². The van der Waals surface area contributed by atoms with E-state index in [1.54, 1.807) is 0 Å². The summed E-state index contributed by atoms with van der Waals surface area (Å²) in [6.45, 7) is 4.91. The molecule has 0 aromatic rings. The second-order valence-electron chi connectivity index (χ2n) is 4.49. The van der Waals surface area contributed by atoms with Crippen LogP contribution in [0.25, 0.3) is 0 Å². The van der Waals surface area contributed by atoms with E-state index in [1.807, 2.05) is 0 Å². The molecule has 1 heteroatoms. The van der Waals surface area contributed by atoms with E-state index >= 15 is 0 Å². The van der Waals surface area contributed by atoms with Crippen LogP contribution in [-0.4, -0.2) is 4.43 Å². The highest BCUT2D eigenvalue weighted by Crippen LogP contribution is 2.79. The Morgan fingerprint density at radius 3 is 2.55 bits per heavy atom. The van der Waals surface area contributed by atoms with Crippen molar-refractivity contribution in [3.63, 3.8) is 0 Å². The van der Waals surface area contributed by atoms with Gasteiger partial charge in [-0.25, -0.2) is 0 Å². The molecule has 2 aliphatic rings. The number of hydrogen-bond donors (Lipinski definition) is 0. The summed E-state index contributed by atoms with van der Waals surface area (Å²) >= 11 is 2.57. The zero-order chi connectivity index (χ0) is 8.11. The molecule has 0 aromatic heterocycles. The molecule has 0 nitrogen and oxygen atoms in total. The molecule has 0 heterocycles. The molecule has 0 radical (unpaired) electrons. The maximum Gasteiger partial charge on any atom is 0.00346 e. The van der Waals surface area contributed by atoms with E-state index < -0.39 is 0 Å². The summed E-state index contributed by atoms with van der Waals surface area (Å²) in [5, 5.41) is 0. The van der Waals surface area contributed by atoms with E-state index in [0.717, 1.165) is 16.7 Å². The molecule has 2 fully saturated rings. The first-order chi connectivity index (χ1) is 5.21. The maximum atomic E-state index is 2.57. The zero-order valence-corrected chi connectivity index (χ0v) is 9.65. The largest absolute Gasteiger partial charge is 0.0860 e. The molecule has 0 N–H and O–H groups in total. The third-order valence-electron chi connectivity index (χ3n) is 4.59. The third-order valence-corrected chi connectivity index (χ3v) is 5.48. The van der Waals surface area contributed by atoms with E-state index in [-0.39, 0.29) is 0 Å². The van der Waals surface area contributed by atoms with Crippen molar-refractivity contribution >= 4 is 22.6 Å². The van der Waals surface area contributed by atoms with Gasteiger partial charge >= 0.3 is 0 Å². The summed E-state index contributed by atoms with van der Waals surface area (Å²) in [5.41, 5.74) is 1.57. The van der Waals surface area contributed by atoms with Gasteiger partial charge in [-0.2, -0.15) is 0 Å². The van der Waals surface area contributed by atoms with Gasteiger partial charge in [0.15, 0.2) is 0 Å². The monoisotopic (exact) mass is 264 g/mol. The van der Waals surface area contributed by atoms with E-state index in [4.69, 9.17) is 0 Å². The van der Waals surface area contributed by atoms with Crippen LogP contribution in [0.4, 0.5) is 0 Å². The van der Waals surface area contributed by atoms with Gasteiger partial charge in [0.25, 0.3) is 0 Å². The van der Waals surface area contributed by atoms with Gasteiger partial charge < -0.3 is 0 Å². The summed E-state index contributed by atoms with van der Waals surface area (Å²) in [5.74, 6) is 1.06. The summed E-state index contributed by atoms with van der Waals surface area (Å²) in [6.07, 6.45) is 5.96. The lowest BCUT2D eigenvalue weighted by atomic mass is 9.95. The van der Waals surface area contributed by atoms with Gasteiger partial charge in [-0.3, -0.25) is 0 Å². The predicted molar refractivity (Wildman–Crippen MR) is 57.1 cm³/mol. The van der Waals surface area contributed by atoms with Crippen molar-refractivity contribution in [2.24, 2.45) is 16.7 Å². The summed E-state index contributed by atoms with van der Waals surface area (Å²) in [6, 6.07) is 0. The zero-order valence-electron chi connectivity index (χ0n) is 7.49. The minimum atomic E-state index is 0.767. The van der Waals surface area contributed by atoms with Crippen LogP contribution in [-0.2, 0) is 0 Å². The van der Waals surface area contributed by atoms with Crippen LogP contribution in [0.1, 0.15) is 39.5 Å². The minimum Gasteiger partial charge on any atom is -0.0860 e. The van der Waals surface area contributed by atoms with Gasteiger partial charge in [-0.05, 0) is 36.0 Å². The second kappa shape index (κ2) is 2.36. The summed E-state index contributed by atoms with van der Waals surface area (Å²) < 4.78 is 1.39. The highest BCUT2D eigenvalue weighted by Gasteiger charge is 2.72. The normalized spacial score (nSPS) is 54.3. The van der Waals surface area contributed by atoms with Crippen molar-refractivity contribution in [1.82, 2.24) is 0 Å². The van der Waals surface area contributed by atoms with Crippen LogP contribution < -0.4 is 0 Å². The van der Waals surface area contributed by atoms with Crippen LogP contribution in [0.3, 0.4) is 0 Å². The van der Waals surface area contributed by atoms with E-state index in [2.05, 4.69) is 36.4 Å². The molecule has 2 aliphatic carbocycles. The van der Waals surface area contributed by atoms with Crippen LogP contribution in [0.5, 0.6) is 0 Å². The van der Waals surface area contributed by atoms with Crippen LogP contribution in [0.15, 0.2) is 0 Å². The molecule has 0 amide bonds. The van der Waals surface area contributed by atoms with Gasteiger partial charge in [0, 0.05) is 4.43 Å². The van der Waals surface area contributed by atoms with Crippen molar-refractivity contribution in [3.8, 4) is 0 Å². The quantitative estimate of drug-likeness (QED) is 0.527. The Balaban J connectivity index is 2.21. The van der Waals surface area contributed by atoms with Gasteiger partial charge in [-0.1, -0.05) is 42.9 Å². The molecule has 2 saturated carbocycles. The number of rotatable bonds is 2. The molecule has 0 saturated heterocycles. The highest BCUT2D eigenvalue weighted by molar-refractivity contribution is 14.1. The van der Waals surface area contributed by atoms with Crippen molar-refractivity contribution in [2.45, 2.75) is 39.5 Å². The van der Waals surface area contributed by atoms with Crippen molar-refractivity contribution in [3.05, 3.63) is 0 Å². The van der Waals surface area contributed by atoms with Crippen LogP contribution >= 0.6 is 22.6 Å². The number of hydrogen-bond acceptors (Lipinski definition) is 0. The molecule has 2 unspecified atom stereocenters. The average molecular weight is 264 g/mol. The van der Waals surface area contributed by atoms with Crippen LogP contribution in [0, 0.1) is 16.7 Å². The lowest BCUT2D eigenvalue weighted by Gasteiger charge is -2.10. The summed E-state index contributed by atoms with van der Waals surface area (Å²) in [7, 11) is 0. The fourth-order valence-corrected chi connectivity index (χ4v) is 5.57. The number of halogens is 1. The molecule has 2 rings (SSSR count). The smallest absolute Gasteiger partial charge is 0.00346 e. The van der Waals surface area contributed by atoms with Crippen molar-refractivity contribution < 1.29 is 0 Å². The molecular weight excluding hydrogens is 247 g/mol. The topological polar surface area (TPSA) is 0 Å². The number of fused-ring (bicyclic) bond motifs is 1. The van der Waals surface area contributed by atoms with Gasteiger partial charge in [-0.15, -0.1) is 0 Å². The molecule has 64 valence electrons. The molecule has 0 bridgehead atoms. The Bertz CT molecular complexity index is 178. The Kier molecular flexibility index (Phi) is 1.79. The Labute approximate surface area is 83.3 Å². The minimum absolute atomic E-state index is 0.767. The third kappa shape index (κ3) is 0.763.